The first kappa shape index (κ1) is 20.5. The maximum atomic E-state index is 5.56. The molecule has 0 aliphatic carbocycles. The van der Waals surface area contributed by atoms with Crippen LogP contribution in [0.15, 0.2) is 29.5 Å². The van der Waals surface area contributed by atoms with Crippen LogP contribution in [0, 0.1) is 0 Å². The third-order valence-electron chi connectivity index (χ3n) is 4.30. The van der Waals surface area contributed by atoms with Crippen LogP contribution in [0.25, 0.3) is 0 Å². The molecule has 0 fully saturated rings. The van der Waals surface area contributed by atoms with Gasteiger partial charge >= 0.3 is 0 Å². The van der Waals surface area contributed by atoms with Crippen molar-refractivity contribution < 1.29 is 4.74 Å². The van der Waals surface area contributed by atoms with Crippen LogP contribution in [-0.4, -0.2) is 52.4 Å². The van der Waals surface area contributed by atoms with Crippen molar-refractivity contribution in [1.82, 2.24) is 25.0 Å². The second-order valence-electron chi connectivity index (χ2n) is 6.18. The Kier molecular flexibility index (Phi) is 7.67. The van der Waals surface area contributed by atoms with Crippen LogP contribution in [0.3, 0.4) is 0 Å². The molecular weight excluding hydrogens is 443 g/mol. The number of hydrogen-bond acceptors (Lipinski definition) is 4. The van der Waals surface area contributed by atoms with Crippen LogP contribution in [0.4, 0.5) is 0 Å². The molecule has 0 radical (unpaired) electrons. The topological polar surface area (TPSA) is 67.6 Å². The smallest absolute Gasteiger partial charge is 0.194 e. The predicted molar refractivity (Wildman–Crippen MR) is 113 cm³/mol. The first-order valence-corrected chi connectivity index (χ1v) is 8.74. The van der Waals surface area contributed by atoms with E-state index in [9.17, 15) is 0 Å². The highest BCUT2D eigenvalue weighted by Crippen LogP contribution is 2.25. The summed E-state index contributed by atoms with van der Waals surface area (Å²) < 4.78 is 7.35. The molecule has 1 aromatic heterocycles. The molecule has 0 unspecified atom stereocenters. The molecule has 7 nitrogen and oxygen atoms in total. The summed E-state index contributed by atoms with van der Waals surface area (Å²) in [5.41, 5.74) is 2.62. The number of rotatable bonds is 6. The van der Waals surface area contributed by atoms with Gasteiger partial charge < -0.3 is 15.0 Å². The third-order valence-corrected chi connectivity index (χ3v) is 4.30. The standard InChI is InChI=1S/C18H26N6O.HI/c1-4-19-18(23(2)12-17-21-13-22-24(17)3)20-9-7-14-5-6-16-15(11-14)8-10-25-16;/h5-6,11,13H,4,7-10,12H2,1-3H3,(H,19,20);1H. The van der Waals surface area contributed by atoms with Gasteiger partial charge in [0.1, 0.15) is 17.9 Å². The highest BCUT2D eigenvalue weighted by molar-refractivity contribution is 14.0. The summed E-state index contributed by atoms with van der Waals surface area (Å²) in [5.74, 6) is 2.82. The molecule has 142 valence electrons. The number of hydrogen-bond donors (Lipinski definition) is 1. The van der Waals surface area contributed by atoms with Crippen LogP contribution < -0.4 is 10.1 Å². The van der Waals surface area contributed by atoms with Gasteiger partial charge in [0.2, 0.25) is 0 Å². The molecule has 26 heavy (non-hydrogen) atoms. The summed E-state index contributed by atoms with van der Waals surface area (Å²) in [5, 5.41) is 7.45. The number of nitrogens with one attached hydrogen (secondary N) is 1. The van der Waals surface area contributed by atoms with Gasteiger partial charge in [0, 0.05) is 33.6 Å². The van der Waals surface area contributed by atoms with Crippen molar-refractivity contribution in [3.63, 3.8) is 0 Å². The number of nitrogens with zero attached hydrogens (tertiary/aromatic N) is 5. The van der Waals surface area contributed by atoms with Gasteiger partial charge in [-0.2, -0.15) is 5.10 Å². The molecule has 3 rings (SSSR count). The zero-order chi connectivity index (χ0) is 17.6. The molecule has 1 aromatic carbocycles. The van der Waals surface area contributed by atoms with Crippen molar-refractivity contribution in [1.29, 1.82) is 0 Å². The molecule has 1 aliphatic heterocycles. The van der Waals surface area contributed by atoms with Gasteiger partial charge in [0.25, 0.3) is 0 Å². The van der Waals surface area contributed by atoms with E-state index in [4.69, 9.17) is 9.73 Å². The predicted octanol–water partition coefficient (Wildman–Crippen LogP) is 2.01. The number of guanidine groups is 1. The quantitative estimate of drug-likeness (QED) is 0.398. The van der Waals surface area contributed by atoms with Crippen LogP contribution in [0.2, 0.25) is 0 Å². The zero-order valence-corrected chi connectivity index (χ0v) is 17.9. The van der Waals surface area contributed by atoms with E-state index in [-0.39, 0.29) is 24.0 Å². The van der Waals surface area contributed by atoms with Crippen molar-refractivity contribution in [3.8, 4) is 5.75 Å². The van der Waals surface area contributed by atoms with Crippen molar-refractivity contribution in [2.75, 3.05) is 26.7 Å². The molecule has 1 N–H and O–H groups in total. The van der Waals surface area contributed by atoms with Crippen molar-refractivity contribution in [3.05, 3.63) is 41.5 Å². The SMILES string of the molecule is CCNC(=NCCc1ccc2c(c1)CCO2)N(C)Cc1ncnn1C.I. The first-order valence-electron chi connectivity index (χ1n) is 8.74. The first-order chi connectivity index (χ1) is 12.2. The van der Waals surface area contributed by atoms with Crippen LogP contribution in [0.1, 0.15) is 23.9 Å². The lowest BCUT2D eigenvalue weighted by atomic mass is 10.1. The fourth-order valence-electron chi connectivity index (χ4n) is 2.91. The Hall–Kier alpha value is -1.84. The molecule has 8 heteroatoms. The van der Waals surface area contributed by atoms with Gasteiger partial charge in [-0.3, -0.25) is 9.67 Å². The van der Waals surface area contributed by atoms with E-state index < -0.39 is 0 Å². The number of fused-ring (bicyclic) bond motifs is 1. The van der Waals surface area contributed by atoms with E-state index in [0.29, 0.717) is 6.54 Å². The molecule has 2 aromatic rings. The van der Waals surface area contributed by atoms with Gasteiger partial charge in [0.15, 0.2) is 5.96 Å². The van der Waals surface area contributed by atoms with E-state index in [1.165, 1.54) is 11.1 Å². The van der Waals surface area contributed by atoms with Crippen LogP contribution in [0.5, 0.6) is 5.75 Å². The van der Waals surface area contributed by atoms with Gasteiger partial charge in [-0.1, -0.05) is 12.1 Å². The zero-order valence-electron chi connectivity index (χ0n) is 15.6. The number of benzene rings is 1. The molecular formula is C18H27IN6O. The molecule has 0 amide bonds. The maximum Gasteiger partial charge on any atom is 0.194 e. The van der Waals surface area contributed by atoms with Gasteiger partial charge in [0.05, 0.1) is 13.2 Å². The largest absolute Gasteiger partial charge is 0.493 e. The van der Waals surface area contributed by atoms with E-state index in [1.54, 1.807) is 11.0 Å². The minimum absolute atomic E-state index is 0. The van der Waals surface area contributed by atoms with Crippen molar-refractivity contribution in [2.24, 2.45) is 12.0 Å². The molecule has 0 saturated heterocycles. The summed E-state index contributed by atoms with van der Waals surface area (Å²) in [6.45, 7) is 5.11. The van der Waals surface area contributed by atoms with Crippen LogP contribution in [-0.2, 0) is 26.4 Å². The number of aryl methyl sites for hydroxylation is 1. The minimum Gasteiger partial charge on any atom is -0.493 e. The third kappa shape index (κ3) is 5.09. The second-order valence-corrected chi connectivity index (χ2v) is 6.18. The van der Waals surface area contributed by atoms with E-state index in [2.05, 4.69) is 45.4 Å². The van der Waals surface area contributed by atoms with E-state index >= 15 is 0 Å². The maximum absolute atomic E-state index is 5.56. The summed E-state index contributed by atoms with van der Waals surface area (Å²) in [4.78, 5) is 11.1. The average molecular weight is 470 g/mol. The van der Waals surface area contributed by atoms with Crippen molar-refractivity contribution in [2.45, 2.75) is 26.3 Å². The highest BCUT2D eigenvalue weighted by atomic mass is 127. The molecule has 0 bridgehead atoms. The fourth-order valence-corrected chi connectivity index (χ4v) is 2.91. The molecule has 2 heterocycles. The second kappa shape index (κ2) is 9.75. The normalized spacial score (nSPS) is 13.0. The Morgan fingerprint density at radius 3 is 3.00 bits per heavy atom. The Bertz CT molecular complexity index is 745. The lowest BCUT2D eigenvalue weighted by Gasteiger charge is -2.21. The number of halogens is 1. The number of ether oxygens (including phenoxy) is 1. The van der Waals surface area contributed by atoms with Crippen LogP contribution >= 0.6 is 24.0 Å². The van der Waals surface area contributed by atoms with Gasteiger partial charge in [-0.05, 0) is 30.5 Å². The number of aliphatic imine (C=N–C) groups is 1. The number of aromatic nitrogens is 3. The summed E-state index contributed by atoms with van der Waals surface area (Å²) in [6.07, 6.45) is 3.50. The minimum atomic E-state index is 0. The lowest BCUT2D eigenvalue weighted by Crippen LogP contribution is -2.39. The van der Waals surface area contributed by atoms with E-state index in [0.717, 1.165) is 50.1 Å². The summed E-state index contributed by atoms with van der Waals surface area (Å²) in [6, 6.07) is 6.46. The Balaban J connectivity index is 0.00000243. The van der Waals surface area contributed by atoms with Crippen molar-refractivity contribution >= 4 is 29.9 Å². The molecule has 0 saturated carbocycles. The Morgan fingerprint density at radius 1 is 1.42 bits per heavy atom. The summed E-state index contributed by atoms with van der Waals surface area (Å²) >= 11 is 0. The monoisotopic (exact) mass is 470 g/mol. The summed E-state index contributed by atoms with van der Waals surface area (Å²) in [7, 11) is 3.92. The molecule has 1 aliphatic rings. The molecule has 0 spiro atoms. The lowest BCUT2D eigenvalue weighted by molar-refractivity contribution is 0.357. The van der Waals surface area contributed by atoms with Gasteiger partial charge in [-0.15, -0.1) is 24.0 Å². The Labute approximate surface area is 171 Å². The average Bonchev–Trinajstić information content (AvgIpc) is 3.23. The fraction of sp³-hybridized carbons (Fsp3) is 0.500. The van der Waals surface area contributed by atoms with Gasteiger partial charge in [-0.25, -0.2) is 4.98 Å². The molecule has 0 atom stereocenters. The Morgan fingerprint density at radius 2 is 2.27 bits per heavy atom. The highest BCUT2D eigenvalue weighted by Gasteiger charge is 2.12. The van der Waals surface area contributed by atoms with E-state index in [1.807, 2.05) is 14.1 Å².